The Morgan fingerprint density at radius 3 is 2.95 bits per heavy atom. The third-order valence-corrected chi connectivity index (χ3v) is 4.52. The van der Waals surface area contributed by atoms with Crippen LogP contribution in [-0.2, 0) is 0 Å². The molecule has 1 N–H and O–H groups in total. The van der Waals surface area contributed by atoms with Crippen molar-refractivity contribution in [1.29, 1.82) is 0 Å². The van der Waals surface area contributed by atoms with Gasteiger partial charge in [0.05, 0.1) is 11.2 Å². The number of anilines is 1. The summed E-state index contributed by atoms with van der Waals surface area (Å²) < 4.78 is 17.6. The molecule has 0 amide bonds. The molecule has 0 saturated heterocycles. The Bertz CT molecular complexity index is 889. The molecule has 0 aliphatic carbocycles. The van der Waals surface area contributed by atoms with E-state index in [9.17, 15) is 4.39 Å². The van der Waals surface area contributed by atoms with Crippen LogP contribution < -0.4 is 4.72 Å². The Morgan fingerprint density at radius 2 is 2.10 bits per heavy atom. The summed E-state index contributed by atoms with van der Waals surface area (Å²) in [7, 11) is 0. The maximum atomic E-state index is 14.4. The van der Waals surface area contributed by atoms with Gasteiger partial charge >= 0.3 is 0 Å². The van der Waals surface area contributed by atoms with Gasteiger partial charge in [0, 0.05) is 22.0 Å². The van der Waals surface area contributed by atoms with Gasteiger partial charge in [-0.1, -0.05) is 18.7 Å². The first kappa shape index (κ1) is 12.4. The molecule has 4 rings (SSSR count). The van der Waals surface area contributed by atoms with Crippen LogP contribution in [-0.4, -0.2) is 4.98 Å². The van der Waals surface area contributed by atoms with E-state index < -0.39 is 0 Å². The first-order chi connectivity index (χ1) is 10.3. The SMILES string of the molecule is C=Cc1ccc2c(c1)-c1cc(F)c3cccnc3c1NS2. The summed E-state index contributed by atoms with van der Waals surface area (Å²) in [5, 5.41) is 0.535. The number of fused-ring (bicyclic) bond motifs is 5. The van der Waals surface area contributed by atoms with E-state index in [1.165, 1.54) is 11.9 Å². The minimum Gasteiger partial charge on any atom is -0.323 e. The van der Waals surface area contributed by atoms with Crippen LogP contribution in [0.4, 0.5) is 10.1 Å². The lowest BCUT2D eigenvalue weighted by molar-refractivity contribution is 0.640. The molecule has 4 heteroatoms. The fourth-order valence-corrected chi connectivity index (χ4v) is 3.43. The minimum atomic E-state index is -0.250. The molecule has 0 bridgehead atoms. The van der Waals surface area contributed by atoms with E-state index in [1.807, 2.05) is 18.2 Å². The van der Waals surface area contributed by atoms with Crippen molar-refractivity contribution in [3.63, 3.8) is 0 Å². The van der Waals surface area contributed by atoms with E-state index in [2.05, 4.69) is 16.3 Å². The van der Waals surface area contributed by atoms with Crippen LogP contribution in [0.2, 0.25) is 0 Å². The predicted molar refractivity (Wildman–Crippen MR) is 86.7 cm³/mol. The monoisotopic (exact) mass is 294 g/mol. The van der Waals surface area contributed by atoms with Crippen LogP contribution >= 0.6 is 11.9 Å². The standard InChI is InChI=1S/C17H11FN2S/c1-2-10-5-6-15-12(8-10)13-9-14(18)11-4-3-7-19-16(11)17(13)20-21-15/h2-9,20H,1H2. The second-order valence-corrected chi connectivity index (χ2v) is 5.69. The number of nitrogens with zero attached hydrogens (tertiary/aromatic N) is 1. The average Bonchev–Trinajstić information content (AvgIpc) is 2.54. The highest BCUT2D eigenvalue weighted by Crippen LogP contribution is 2.45. The summed E-state index contributed by atoms with van der Waals surface area (Å²) >= 11 is 1.52. The van der Waals surface area contributed by atoms with E-state index >= 15 is 0 Å². The largest absolute Gasteiger partial charge is 0.323 e. The van der Waals surface area contributed by atoms with Gasteiger partial charge in [0.2, 0.25) is 0 Å². The van der Waals surface area contributed by atoms with Gasteiger partial charge < -0.3 is 4.72 Å². The van der Waals surface area contributed by atoms with Crippen molar-refractivity contribution in [3.05, 3.63) is 60.6 Å². The van der Waals surface area contributed by atoms with Gasteiger partial charge in [-0.3, -0.25) is 4.98 Å². The Labute approximate surface area is 125 Å². The molecule has 0 radical (unpaired) electrons. The van der Waals surface area contributed by atoms with Gasteiger partial charge in [-0.25, -0.2) is 4.39 Å². The van der Waals surface area contributed by atoms with Crippen molar-refractivity contribution in [3.8, 4) is 11.1 Å². The molecule has 0 fully saturated rings. The quantitative estimate of drug-likeness (QED) is 0.631. The lowest BCUT2D eigenvalue weighted by Crippen LogP contribution is -2.02. The number of hydrogen-bond acceptors (Lipinski definition) is 3. The van der Waals surface area contributed by atoms with E-state index in [0.29, 0.717) is 10.9 Å². The zero-order valence-electron chi connectivity index (χ0n) is 11.1. The lowest BCUT2D eigenvalue weighted by atomic mass is 9.98. The highest BCUT2D eigenvalue weighted by atomic mass is 32.2. The maximum absolute atomic E-state index is 14.4. The van der Waals surface area contributed by atoms with Crippen molar-refractivity contribution in [2.75, 3.05) is 4.72 Å². The van der Waals surface area contributed by atoms with Crippen molar-refractivity contribution in [2.45, 2.75) is 4.90 Å². The minimum absolute atomic E-state index is 0.250. The molecular formula is C17H11FN2S. The van der Waals surface area contributed by atoms with Crippen LogP contribution in [0.3, 0.4) is 0 Å². The zero-order chi connectivity index (χ0) is 14.4. The van der Waals surface area contributed by atoms with Gasteiger partial charge in [0.1, 0.15) is 5.82 Å². The topological polar surface area (TPSA) is 24.9 Å². The molecule has 0 saturated carbocycles. The molecule has 0 unspecified atom stereocenters. The van der Waals surface area contributed by atoms with E-state index in [1.54, 1.807) is 30.5 Å². The number of pyridine rings is 1. The third kappa shape index (κ3) is 1.83. The molecule has 1 aromatic heterocycles. The first-order valence-corrected chi connectivity index (χ1v) is 7.36. The smallest absolute Gasteiger partial charge is 0.133 e. The fraction of sp³-hybridized carbons (Fsp3) is 0. The second-order valence-electron chi connectivity index (χ2n) is 4.84. The maximum Gasteiger partial charge on any atom is 0.133 e. The Hall–Kier alpha value is -2.33. The predicted octanol–water partition coefficient (Wildman–Crippen LogP) is 5.12. The highest BCUT2D eigenvalue weighted by molar-refractivity contribution is 8.00. The molecule has 1 aliphatic rings. The number of halogens is 1. The molecule has 1 aliphatic heterocycles. The average molecular weight is 294 g/mol. The van der Waals surface area contributed by atoms with Gasteiger partial charge in [-0.05, 0) is 53.4 Å². The highest BCUT2D eigenvalue weighted by Gasteiger charge is 2.21. The Balaban J connectivity index is 2.08. The van der Waals surface area contributed by atoms with E-state index in [4.69, 9.17) is 0 Å². The third-order valence-electron chi connectivity index (χ3n) is 3.63. The number of nitrogens with one attached hydrogen (secondary N) is 1. The summed E-state index contributed by atoms with van der Waals surface area (Å²) in [5.74, 6) is -0.250. The van der Waals surface area contributed by atoms with Crippen LogP contribution in [0.1, 0.15) is 5.56 Å². The van der Waals surface area contributed by atoms with E-state index in [-0.39, 0.29) is 5.82 Å². The van der Waals surface area contributed by atoms with Gasteiger partial charge in [0.25, 0.3) is 0 Å². The fourth-order valence-electron chi connectivity index (χ4n) is 2.60. The lowest BCUT2D eigenvalue weighted by Gasteiger charge is -2.22. The first-order valence-electron chi connectivity index (χ1n) is 6.55. The Morgan fingerprint density at radius 1 is 1.19 bits per heavy atom. The molecule has 0 atom stereocenters. The molecule has 21 heavy (non-hydrogen) atoms. The number of rotatable bonds is 1. The molecule has 2 aromatic carbocycles. The molecule has 102 valence electrons. The van der Waals surface area contributed by atoms with Crippen molar-refractivity contribution in [2.24, 2.45) is 0 Å². The van der Waals surface area contributed by atoms with Crippen LogP contribution in [0, 0.1) is 5.82 Å². The van der Waals surface area contributed by atoms with Crippen LogP contribution in [0.5, 0.6) is 0 Å². The summed E-state index contributed by atoms with van der Waals surface area (Å²) in [6.07, 6.45) is 3.48. The van der Waals surface area contributed by atoms with Gasteiger partial charge in [0.15, 0.2) is 0 Å². The summed E-state index contributed by atoms with van der Waals surface area (Å²) in [4.78, 5) is 5.41. The van der Waals surface area contributed by atoms with Gasteiger partial charge in [-0.15, -0.1) is 0 Å². The zero-order valence-corrected chi connectivity index (χ0v) is 11.9. The molecule has 0 spiro atoms. The summed E-state index contributed by atoms with van der Waals surface area (Å²) in [6.45, 7) is 3.79. The van der Waals surface area contributed by atoms with Crippen LogP contribution in [0.25, 0.3) is 28.1 Å². The molecule has 2 nitrogen and oxygen atoms in total. The number of aromatic nitrogens is 1. The molecule has 2 heterocycles. The van der Waals surface area contributed by atoms with Crippen molar-refractivity contribution in [1.82, 2.24) is 4.98 Å². The Kier molecular flexibility index (Phi) is 2.72. The van der Waals surface area contributed by atoms with Gasteiger partial charge in [-0.2, -0.15) is 0 Å². The number of benzene rings is 2. The summed E-state index contributed by atoms with van der Waals surface area (Å²) in [6, 6.07) is 11.1. The molecule has 3 aromatic rings. The van der Waals surface area contributed by atoms with E-state index in [0.717, 1.165) is 27.3 Å². The van der Waals surface area contributed by atoms with Crippen molar-refractivity contribution >= 4 is 34.6 Å². The normalized spacial score (nSPS) is 12.4. The molecular weight excluding hydrogens is 283 g/mol. The van der Waals surface area contributed by atoms with Crippen LogP contribution in [0.15, 0.2) is 54.1 Å². The second kappa shape index (κ2) is 4.60. The van der Waals surface area contributed by atoms with Crippen molar-refractivity contribution < 1.29 is 4.39 Å². The summed E-state index contributed by atoms with van der Waals surface area (Å²) in [5.41, 5.74) is 4.40. The number of hydrogen-bond donors (Lipinski definition) is 1.